The summed E-state index contributed by atoms with van der Waals surface area (Å²) < 4.78 is 0. The summed E-state index contributed by atoms with van der Waals surface area (Å²) in [7, 11) is 0. The predicted molar refractivity (Wildman–Crippen MR) is 155 cm³/mol. The number of amides is 4. The lowest BCUT2D eigenvalue weighted by molar-refractivity contribution is 0.0588. The Hall–Kier alpha value is -4.62. The van der Waals surface area contributed by atoms with Gasteiger partial charge in [0.25, 0.3) is 23.6 Å². The number of nitrogens with zero attached hydrogens (tertiary/aromatic N) is 3. The minimum atomic E-state index is -0.322. The van der Waals surface area contributed by atoms with Gasteiger partial charge in [-0.15, -0.1) is 0 Å². The van der Waals surface area contributed by atoms with Crippen LogP contribution in [0.5, 0.6) is 0 Å². The van der Waals surface area contributed by atoms with Crippen molar-refractivity contribution in [3.8, 4) is 0 Å². The molecule has 0 spiro atoms. The maximum Gasteiger partial charge on any atom is 0.261 e. The van der Waals surface area contributed by atoms with Crippen LogP contribution >= 0.6 is 0 Å². The zero-order chi connectivity index (χ0) is 28.0. The third kappa shape index (κ3) is 4.01. The van der Waals surface area contributed by atoms with Crippen LogP contribution in [0.1, 0.15) is 60.8 Å². The van der Waals surface area contributed by atoms with Crippen molar-refractivity contribution < 1.29 is 19.2 Å². The second-order valence-electron chi connectivity index (χ2n) is 10.1. The van der Waals surface area contributed by atoms with Crippen molar-refractivity contribution in [2.75, 3.05) is 32.7 Å². The lowest BCUT2D eigenvalue weighted by Gasteiger charge is -2.29. The molecule has 0 atom stereocenters. The molecule has 6 rings (SSSR count). The molecule has 7 nitrogen and oxygen atoms in total. The minimum absolute atomic E-state index is 0.0995. The average Bonchev–Trinajstić information content (AvgIpc) is 2.98. The molecule has 200 valence electrons. The lowest BCUT2D eigenvalue weighted by atomic mass is 9.91. The molecule has 0 fully saturated rings. The van der Waals surface area contributed by atoms with Crippen LogP contribution in [-0.4, -0.2) is 71.1 Å². The second-order valence-corrected chi connectivity index (χ2v) is 10.1. The number of hydrogen-bond acceptors (Lipinski definition) is 5. The highest BCUT2D eigenvalue weighted by atomic mass is 16.2. The first-order valence-electron chi connectivity index (χ1n) is 13.6. The molecule has 40 heavy (non-hydrogen) atoms. The Morgan fingerprint density at radius 1 is 0.650 bits per heavy atom. The van der Waals surface area contributed by atoms with Gasteiger partial charge in [-0.2, -0.15) is 0 Å². The third-order valence-electron chi connectivity index (χ3n) is 8.00. The van der Waals surface area contributed by atoms with Gasteiger partial charge in [0.2, 0.25) is 0 Å². The summed E-state index contributed by atoms with van der Waals surface area (Å²) >= 11 is 0. The van der Waals surface area contributed by atoms with E-state index in [9.17, 15) is 19.2 Å². The van der Waals surface area contributed by atoms with Crippen LogP contribution in [0.2, 0.25) is 0 Å². The predicted octanol–water partition coefficient (Wildman–Crippen LogP) is 5.24. The van der Waals surface area contributed by atoms with E-state index >= 15 is 0 Å². The van der Waals surface area contributed by atoms with Crippen molar-refractivity contribution in [1.82, 2.24) is 14.7 Å². The van der Waals surface area contributed by atoms with E-state index in [4.69, 9.17) is 0 Å². The lowest BCUT2D eigenvalue weighted by Crippen LogP contribution is -2.44. The van der Waals surface area contributed by atoms with Gasteiger partial charge in [0.15, 0.2) is 0 Å². The molecule has 7 heteroatoms. The maximum absolute atomic E-state index is 13.4. The van der Waals surface area contributed by atoms with Gasteiger partial charge < -0.3 is 4.90 Å². The quantitative estimate of drug-likeness (QED) is 0.291. The first-order valence-corrected chi connectivity index (χ1v) is 13.6. The number of carbonyl (C=O) groups excluding carboxylic acids is 4. The van der Waals surface area contributed by atoms with E-state index in [-0.39, 0.29) is 30.2 Å². The van der Waals surface area contributed by atoms with Gasteiger partial charge in [0.1, 0.15) is 0 Å². The highest BCUT2D eigenvalue weighted by Gasteiger charge is 2.34. The van der Waals surface area contributed by atoms with Crippen molar-refractivity contribution in [2.45, 2.75) is 13.8 Å². The molecule has 2 aliphatic rings. The molecule has 4 aromatic rings. The summed E-state index contributed by atoms with van der Waals surface area (Å²) in [4.78, 5) is 58.0. The van der Waals surface area contributed by atoms with Gasteiger partial charge in [0.05, 0.1) is 0 Å². The fourth-order valence-corrected chi connectivity index (χ4v) is 5.83. The largest absolute Gasteiger partial charge is 0.302 e. The molecular weight excluding hydrogens is 502 g/mol. The summed E-state index contributed by atoms with van der Waals surface area (Å²) in [6.07, 6.45) is 3.61. The zero-order valence-corrected chi connectivity index (χ0v) is 22.5. The van der Waals surface area contributed by atoms with Crippen LogP contribution in [-0.2, 0) is 0 Å². The van der Waals surface area contributed by atoms with Gasteiger partial charge in [-0.05, 0) is 53.7 Å². The van der Waals surface area contributed by atoms with Crippen LogP contribution in [0.4, 0.5) is 0 Å². The van der Waals surface area contributed by atoms with Crippen LogP contribution < -0.4 is 0 Å². The van der Waals surface area contributed by atoms with Crippen molar-refractivity contribution in [1.29, 1.82) is 0 Å². The monoisotopic (exact) mass is 531 g/mol. The van der Waals surface area contributed by atoms with E-state index in [0.717, 1.165) is 29.4 Å². The van der Waals surface area contributed by atoms with Crippen LogP contribution in [0.3, 0.4) is 0 Å². The number of imide groups is 2. The Kier molecular flexibility index (Phi) is 6.52. The molecule has 2 aliphatic heterocycles. The molecule has 2 heterocycles. The number of carbonyl (C=O) groups is 4. The number of likely N-dealkylation sites (N-methyl/N-ethyl adjacent to an activating group) is 1. The maximum atomic E-state index is 13.4. The molecule has 0 saturated heterocycles. The van der Waals surface area contributed by atoms with Crippen molar-refractivity contribution in [3.63, 3.8) is 0 Å². The van der Waals surface area contributed by atoms with E-state index < -0.39 is 0 Å². The van der Waals surface area contributed by atoms with Gasteiger partial charge >= 0.3 is 0 Å². The summed E-state index contributed by atoms with van der Waals surface area (Å²) in [6, 6.07) is 20.0. The standard InChI is InChI=1S/C33H29N3O4/c1-3-34(4-2)19-20-36-32(39)26-15-7-12-23-21(16-17-27(29(23)26)33(36)40)11-8-18-35-30(37)24-13-5-9-22-10-6-14-25(28(22)24)31(35)38/h5-17H,3-4,18-20H2,1-2H3/b11-8+. The third-order valence-corrected chi connectivity index (χ3v) is 8.00. The zero-order valence-electron chi connectivity index (χ0n) is 22.5. The number of hydrogen-bond donors (Lipinski definition) is 0. The van der Waals surface area contributed by atoms with Gasteiger partial charge in [0, 0.05) is 52.7 Å². The molecule has 0 saturated carbocycles. The Morgan fingerprint density at radius 3 is 1.82 bits per heavy atom. The highest BCUT2D eigenvalue weighted by Crippen LogP contribution is 2.33. The van der Waals surface area contributed by atoms with Gasteiger partial charge in [-0.3, -0.25) is 29.0 Å². The Labute approximate surface area is 232 Å². The summed E-state index contributed by atoms with van der Waals surface area (Å²) in [6.45, 7) is 6.89. The molecule has 4 aromatic carbocycles. The first kappa shape index (κ1) is 25.6. The summed E-state index contributed by atoms with van der Waals surface area (Å²) in [5.41, 5.74) is 2.86. The van der Waals surface area contributed by atoms with Crippen LogP contribution in [0, 0.1) is 0 Å². The average molecular weight is 532 g/mol. The SMILES string of the molecule is CCN(CC)CCN1C(=O)c2cccc3c(/C=C/CN4C(=O)c5cccc6cccc(c56)C4=O)ccc(c23)C1=O. The molecule has 0 aliphatic carbocycles. The number of rotatable bonds is 8. The summed E-state index contributed by atoms with van der Waals surface area (Å²) in [5.74, 6) is -1.21. The Bertz CT molecular complexity index is 1680. The van der Waals surface area contributed by atoms with Crippen LogP contribution in [0.15, 0.2) is 72.8 Å². The fourth-order valence-electron chi connectivity index (χ4n) is 5.83. The van der Waals surface area contributed by atoms with Gasteiger partial charge in [-0.25, -0.2) is 0 Å². The molecule has 0 radical (unpaired) electrons. The van der Waals surface area contributed by atoms with E-state index in [1.165, 1.54) is 9.80 Å². The molecule has 0 N–H and O–H groups in total. The smallest absolute Gasteiger partial charge is 0.261 e. The fraction of sp³-hybridized carbons (Fsp3) is 0.212. The van der Waals surface area contributed by atoms with Crippen LogP contribution in [0.25, 0.3) is 27.6 Å². The highest BCUT2D eigenvalue weighted by molar-refractivity contribution is 6.27. The molecular formula is C33H29N3O4. The van der Waals surface area contributed by atoms with E-state index in [1.54, 1.807) is 30.3 Å². The minimum Gasteiger partial charge on any atom is -0.302 e. The summed E-state index contributed by atoms with van der Waals surface area (Å²) in [5, 5.41) is 2.99. The van der Waals surface area contributed by atoms with E-state index in [2.05, 4.69) is 18.7 Å². The molecule has 0 aromatic heterocycles. The normalized spacial score (nSPS) is 15.0. The molecule has 0 bridgehead atoms. The van der Waals surface area contributed by atoms with Crippen molar-refractivity contribution >= 4 is 51.2 Å². The van der Waals surface area contributed by atoms with E-state index in [1.807, 2.05) is 48.5 Å². The second kappa shape index (κ2) is 10.2. The van der Waals surface area contributed by atoms with Crippen molar-refractivity contribution in [2.24, 2.45) is 0 Å². The Morgan fingerprint density at radius 2 is 1.20 bits per heavy atom. The first-order chi connectivity index (χ1) is 19.4. The van der Waals surface area contributed by atoms with Crippen molar-refractivity contribution in [3.05, 3.63) is 101 Å². The molecule has 0 unspecified atom stereocenters. The number of benzene rings is 4. The molecule has 4 amide bonds. The van der Waals surface area contributed by atoms with Gasteiger partial charge in [-0.1, -0.05) is 68.5 Å². The Balaban J connectivity index is 1.28. The topological polar surface area (TPSA) is 78.0 Å². The van der Waals surface area contributed by atoms with E-state index in [0.29, 0.717) is 46.1 Å².